The van der Waals surface area contributed by atoms with Crippen molar-refractivity contribution < 1.29 is 28.6 Å². The number of carbonyl (C=O) groups is 3. The van der Waals surface area contributed by atoms with Gasteiger partial charge in [-0.2, -0.15) is 0 Å². The van der Waals surface area contributed by atoms with Gasteiger partial charge in [0, 0.05) is 19.3 Å². The number of unbranched alkanes of at least 4 members (excludes halogenated alkanes) is 27. The van der Waals surface area contributed by atoms with Gasteiger partial charge in [-0.15, -0.1) is 0 Å². The second-order valence-corrected chi connectivity index (χ2v) is 17.2. The molecular weight excluding hydrogens is 769 g/mol. The molecule has 0 aromatic heterocycles. The summed E-state index contributed by atoms with van der Waals surface area (Å²) < 4.78 is 16.7. The number of hydrogen-bond acceptors (Lipinski definition) is 6. The minimum Gasteiger partial charge on any atom is -0.462 e. The smallest absolute Gasteiger partial charge is 0.306 e. The number of ether oxygens (including phenoxy) is 3. The lowest BCUT2D eigenvalue weighted by molar-refractivity contribution is -0.167. The van der Waals surface area contributed by atoms with Crippen LogP contribution in [0.2, 0.25) is 0 Å². The van der Waals surface area contributed by atoms with Gasteiger partial charge in [0.05, 0.1) is 0 Å². The highest BCUT2D eigenvalue weighted by molar-refractivity contribution is 5.71. The van der Waals surface area contributed by atoms with E-state index in [2.05, 4.69) is 39.0 Å². The monoisotopic (exact) mass is 865 g/mol. The molecule has 0 rings (SSSR count). The van der Waals surface area contributed by atoms with Crippen LogP contribution < -0.4 is 0 Å². The minimum absolute atomic E-state index is 0.102. The van der Waals surface area contributed by atoms with Crippen LogP contribution in [0.1, 0.15) is 245 Å². The molecule has 0 saturated carbocycles. The SMILES string of the molecule is CC/C=C/C=C/C=C/C=C/C=C/CCCC(=O)OCC(COC(=O)CCCCCCCCCCCCCCCCCCC)OC(=O)CCCCC/C=C/CCCCCCCCC. The Morgan fingerprint density at radius 3 is 1.10 bits per heavy atom. The number of allylic oxidation sites excluding steroid dienone is 12. The predicted molar refractivity (Wildman–Crippen MR) is 265 cm³/mol. The van der Waals surface area contributed by atoms with Crippen molar-refractivity contribution in [3.63, 3.8) is 0 Å². The Hall–Kier alpha value is -3.15. The third-order valence-electron chi connectivity index (χ3n) is 11.1. The number of carbonyl (C=O) groups excluding carboxylic acids is 3. The van der Waals surface area contributed by atoms with Gasteiger partial charge in [0.1, 0.15) is 13.2 Å². The molecule has 0 spiro atoms. The van der Waals surface area contributed by atoms with E-state index in [4.69, 9.17) is 14.2 Å². The first-order chi connectivity index (χ1) is 30.5. The molecule has 1 unspecified atom stereocenters. The van der Waals surface area contributed by atoms with Crippen LogP contribution in [-0.2, 0) is 28.6 Å². The van der Waals surface area contributed by atoms with E-state index in [-0.39, 0.29) is 37.5 Å². The van der Waals surface area contributed by atoms with Crippen LogP contribution in [0.25, 0.3) is 0 Å². The Morgan fingerprint density at radius 2 is 0.661 bits per heavy atom. The fourth-order valence-electron chi connectivity index (χ4n) is 7.17. The highest BCUT2D eigenvalue weighted by Crippen LogP contribution is 2.15. The van der Waals surface area contributed by atoms with Crippen molar-refractivity contribution in [3.8, 4) is 0 Å². The van der Waals surface area contributed by atoms with Crippen molar-refractivity contribution in [3.05, 3.63) is 72.9 Å². The van der Waals surface area contributed by atoms with Crippen molar-refractivity contribution in [2.24, 2.45) is 0 Å². The molecule has 0 aliphatic heterocycles. The Labute approximate surface area is 382 Å². The van der Waals surface area contributed by atoms with E-state index in [1.54, 1.807) is 0 Å². The molecular formula is C56H96O6. The van der Waals surface area contributed by atoms with Crippen molar-refractivity contribution in [1.82, 2.24) is 0 Å². The van der Waals surface area contributed by atoms with Gasteiger partial charge in [-0.1, -0.05) is 241 Å². The topological polar surface area (TPSA) is 78.9 Å². The van der Waals surface area contributed by atoms with Gasteiger partial charge in [-0.25, -0.2) is 0 Å². The maximum absolute atomic E-state index is 12.8. The molecule has 0 bridgehead atoms. The summed E-state index contributed by atoms with van der Waals surface area (Å²) in [5, 5.41) is 0. The van der Waals surface area contributed by atoms with Crippen LogP contribution in [-0.4, -0.2) is 37.2 Å². The normalized spacial score (nSPS) is 12.6. The van der Waals surface area contributed by atoms with Gasteiger partial charge < -0.3 is 14.2 Å². The van der Waals surface area contributed by atoms with Crippen molar-refractivity contribution in [2.75, 3.05) is 13.2 Å². The Balaban J connectivity index is 4.45. The maximum atomic E-state index is 12.8. The number of rotatable bonds is 46. The van der Waals surface area contributed by atoms with Gasteiger partial charge in [0.15, 0.2) is 6.10 Å². The molecule has 0 fully saturated rings. The first-order valence-corrected chi connectivity index (χ1v) is 26.0. The van der Waals surface area contributed by atoms with E-state index in [1.807, 2.05) is 54.7 Å². The summed E-state index contributed by atoms with van der Waals surface area (Å²) in [5.74, 6) is -0.992. The summed E-state index contributed by atoms with van der Waals surface area (Å²) in [6, 6.07) is 0. The molecule has 6 heteroatoms. The summed E-state index contributed by atoms with van der Waals surface area (Å²) >= 11 is 0. The fraction of sp³-hybridized carbons (Fsp3) is 0.732. The predicted octanol–water partition coefficient (Wildman–Crippen LogP) is 17.0. The average Bonchev–Trinajstić information content (AvgIpc) is 3.27. The standard InChI is InChI=1S/C56H96O6/c1-4-7-10-13-16-19-22-25-27-28-29-32-34-37-40-43-46-49-55(58)61-52-53(51-60-54(57)48-45-42-39-36-33-30-24-21-18-15-12-9-6-3)62-56(59)50-47-44-41-38-35-31-26-23-20-17-14-11-8-5-2/h9,12,15,18,21,24,30-31,33,35-36,39,53H,4-8,10-11,13-14,16-17,19-20,22-23,25-29,32,34,37-38,40-52H2,1-3H3/b12-9+,18-15+,24-21+,33-30+,35-31+,39-36+. The molecule has 0 aliphatic rings. The fourth-order valence-corrected chi connectivity index (χ4v) is 7.17. The zero-order chi connectivity index (χ0) is 45.1. The molecule has 0 amide bonds. The van der Waals surface area contributed by atoms with Gasteiger partial charge >= 0.3 is 17.9 Å². The lowest BCUT2D eigenvalue weighted by Gasteiger charge is -2.18. The van der Waals surface area contributed by atoms with Gasteiger partial charge in [0.2, 0.25) is 0 Å². The molecule has 0 saturated heterocycles. The highest BCUT2D eigenvalue weighted by Gasteiger charge is 2.19. The molecule has 1 atom stereocenters. The van der Waals surface area contributed by atoms with E-state index in [9.17, 15) is 14.4 Å². The highest BCUT2D eigenvalue weighted by atomic mass is 16.6. The Bertz CT molecular complexity index is 1180. The van der Waals surface area contributed by atoms with Crippen molar-refractivity contribution in [1.29, 1.82) is 0 Å². The average molecular weight is 865 g/mol. The van der Waals surface area contributed by atoms with Crippen molar-refractivity contribution in [2.45, 2.75) is 252 Å². The van der Waals surface area contributed by atoms with Crippen molar-refractivity contribution >= 4 is 17.9 Å². The largest absolute Gasteiger partial charge is 0.462 e. The van der Waals surface area contributed by atoms with E-state index < -0.39 is 6.10 Å². The summed E-state index contributed by atoms with van der Waals surface area (Å²) in [5.41, 5.74) is 0. The molecule has 0 heterocycles. The van der Waals surface area contributed by atoms with Crippen LogP contribution in [0.4, 0.5) is 0 Å². The third kappa shape index (κ3) is 47.9. The van der Waals surface area contributed by atoms with E-state index >= 15 is 0 Å². The summed E-state index contributed by atoms with van der Waals surface area (Å²) in [6.45, 7) is 6.42. The second-order valence-electron chi connectivity index (χ2n) is 17.2. The van der Waals surface area contributed by atoms with Crippen LogP contribution in [0.5, 0.6) is 0 Å². The number of esters is 3. The third-order valence-corrected chi connectivity index (χ3v) is 11.1. The first-order valence-electron chi connectivity index (χ1n) is 26.0. The zero-order valence-corrected chi connectivity index (χ0v) is 40.6. The quantitative estimate of drug-likeness (QED) is 0.0199. The Morgan fingerprint density at radius 1 is 0.339 bits per heavy atom. The van der Waals surface area contributed by atoms with Crippen LogP contribution in [0.3, 0.4) is 0 Å². The van der Waals surface area contributed by atoms with Crippen LogP contribution >= 0.6 is 0 Å². The van der Waals surface area contributed by atoms with Crippen LogP contribution in [0.15, 0.2) is 72.9 Å². The Kier molecular flexibility index (Phi) is 47.9. The van der Waals surface area contributed by atoms with Gasteiger partial charge in [0.25, 0.3) is 0 Å². The van der Waals surface area contributed by atoms with Gasteiger partial charge in [-0.05, 0) is 57.8 Å². The lowest BCUT2D eigenvalue weighted by Crippen LogP contribution is -2.30. The molecule has 6 nitrogen and oxygen atoms in total. The van der Waals surface area contributed by atoms with E-state index in [0.29, 0.717) is 19.3 Å². The van der Waals surface area contributed by atoms with E-state index in [1.165, 1.54) is 135 Å². The molecule has 0 aromatic rings. The second kappa shape index (κ2) is 50.5. The lowest BCUT2D eigenvalue weighted by atomic mass is 10.0. The van der Waals surface area contributed by atoms with E-state index in [0.717, 1.165) is 64.2 Å². The number of hydrogen-bond donors (Lipinski definition) is 0. The molecule has 0 aromatic carbocycles. The molecule has 62 heavy (non-hydrogen) atoms. The molecule has 0 radical (unpaired) electrons. The summed E-state index contributed by atoms with van der Waals surface area (Å²) in [4.78, 5) is 37.9. The van der Waals surface area contributed by atoms with Gasteiger partial charge in [-0.3, -0.25) is 14.4 Å². The summed E-state index contributed by atoms with van der Waals surface area (Å²) in [6.07, 6.45) is 63.3. The molecule has 356 valence electrons. The summed E-state index contributed by atoms with van der Waals surface area (Å²) in [7, 11) is 0. The maximum Gasteiger partial charge on any atom is 0.306 e. The zero-order valence-electron chi connectivity index (χ0n) is 40.6. The first kappa shape index (κ1) is 58.9. The van der Waals surface area contributed by atoms with Crippen LogP contribution in [0, 0.1) is 0 Å². The molecule has 0 aliphatic carbocycles. The minimum atomic E-state index is -0.809. The molecule has 0 N–H and O–H groups in total.